The number of benzene rings is 2. The van der Waals surface area contributed by atoms with Gasteiger partial charge in [-0.15, -0.1) is 0 Å². The third-order valence-corrected chi connectivity index (χ3v) is 4.11. The topological polar surface area (TPSA) is 82.6 Å². The molecule has 0 unspecified atom stereocenters. The first-order valence-electron chi connectivity index (χ1n) is 9.63. The predicted octanol–water partition coefficient (Wildman–Crippen LogP) is 3.27. The zero-order valence-electron chi connectivity index (χ0n) is 16.9. The number of carbonyl (C=O) groups excluding carboxylic acids is 2. The minimum atomic E-state index is -0.289. The lowest BCUT2D eigenvalue weighted by molar-refractivity contribution is -0.126. The highest BCUT2D eigenvalue weighted by Gasteiger charge is 2.06. The molecule has 0 heterocycles. The van der Waals surface area contributed by atoms with Crippen molar-refractivity contribution in [3.8, 4) is 0 Å². The zero-order valence-corrected chi connectivity index (χ0v) is 16.9. The first-order chi connectivity index (χ1) is 14.0. The molecule has 0 radical (unpaired) electrons. The fraction of sp³-hybridized carbons (Fsp3) is 0.261. The summed E-state index contributed by atoms with van der Waals surface area (Å²) in [7, 11) is 0. The molecule has 0 atom stereocenters. The van der Waals surface area contributed by atoms with Crippen LogP contribution < -0.4 is 16.3 Å². The first kappa shape index (κ1) is 21.9. The summed E-state index contributed by atoms with van der Waals surface area (Å²) in [5.74, 6) is -0.544. The van der Waals surface area contributed by atoms with Crippen LogP contribution in [0.5, 0.6) is 0 Å². The van der Waals surface area contributed by atoms with Crippen LogP contribution in [0.2, 0.25) is 0 Å². The molecule has 6 heteroatoms. The number of nitrogens with zero attached hydrogens (tertiary/aromatic N) is 1. The summed E-state index contributed by atoms with van der Waals surface area (Å²) in [6.07, 6.45) is 3.37. The van der Waals surface area contributed by atoms with Crippen LogP contribution in [0, 0.1) is 0 Å². The maximum Gasteiger partial charge on any atom is 0.240 e. The van der Waals surface area contributed by atoms with Gasteiger partial charge in [0.25, 0.3) is 0 Å². The van der Waals surface area contributed by atoms with E-state index in [0.29, 0.717) is 6.42 Å². The van der Waals surface area contributed by atoms with Crippen molar-refractivity contribution in [2.24, 2.45) is 5.10 Å². The van der Waals surface area contributed by atoms with Crippen LogP contribution in [0.4, 0.5) is 0 Å². The summed E-state index contributed by atoms with van der Waals surface area (Å²) < 4.78 is 0. The molecule has 0 aliphatic heterocycles. The van der Waals surface area contributed by atoms with E-state index in [1.807, 2.05) is 62.4 Å². The molecule has 0 aliphatic rings. The SMILES string of the molecule is C/C(=C\NNC(=O)CCC(=O)N/N=C(\C)Cc1ccccc1)Cc1ccccc1. The number of rotatable bonds is 10. The Labute approximate surface area is 172 Å². The van der Waals surface area contributed by atoms with E-state index in [9.17, 15) is 9.59 Å². The van der Waals surface area contributed by atoms with Crippen LogP contribution in [-0.2, 0) is 22.4 Å². The molecule has 0 saturated carbocycles. The van der Waals surface area contributed by atoms with E-state index in [1.54, 1.807) is 6.20 Å². The van der Waals surface area contributed by atoms with Gasteiger partial charge in [0.05, 0.1) is 0 Å². The van der Waals surface area contributed by atoms with E-state index in [1.165, 1.54) is 5.56 Å². The average molecular weight is 393 g/mol. The normalized spacial score (nSPS) is 11.7. The van der Waals surface area contributed by atoms with E-state index in [-0.39, 0.29) is 24.7 Å². The number of hydrazone groups is 1. The molecule has 3 N–H and O–H groups in total. The second-order valence-corrected chi connectivity index (χ2v) is 6.89. The number of hydrogen-bond acceptors (Lipinski definition) is 4. The lowest BCUT2D eigenvalue weighted by Gasteiger charge is -2.07. The number of allylic oxidation sites excluding steroid dienone is 1. The minimum absolute atomic E-state index is 0.0718. The van der Waals surface area contributed by atoms with Gasteiger partial charge in [0.15, 0.2) is 0 Å². The maximum absolute atomic E-state index is 11.9. The number of amides is 2. The summed E-state index contributed by atoms with van der Waals surface area (Å²) >= 11 is 0. The van der Waals surface area contributed by atoms with E-state index in [2.05, 4.69) is 33.5 Å². The predicted molar refractivity (Wildman–Crippen MR) is 116 cm³/mol. The van der Waals surface area contributed by atoms with Crippen molar-refractivity contribution in [2.45, 2.75) is 39.5 Å². The maximum atomic E-state index is 11.9. The molecule has 0 saturated heterocycles. The molecular weight excluding hydrogens is 364 g/mol. The molecule has 6 nitrogen and oxygen atoms in total. The smallest absolute Gasteiger partial charge is 0.240 e. The third-order valence-electron chi connectivity index (χ3n) is 4.11. The summed E-state index contributed by atoms with van der Waals surface area (Å²) in [5, 5.41) is 4.08. The largest absolute Gasteiger partial charge is 0.306 e. The number of carbonyl (C=O) groups is 2. The van der Waals surface area contributed by atoms with Gasteiger partial charge in [-0.1, -0.05) is 66.2 Å². The van der Waals surface area contributed by atoms with Crippen molar-refractivity contribution in [1.82, 2.24) is 16.3 Å². The van der Waals surface area contributed by atoms with Crippen LogP contribution in [0.3, 0.4) is 0 Å². The fourth-order valence-corrected chi connectivity index (χ4v) is 2.64. The van der Waals surface area contributed by atoms with Gasteiger partial charge in [-0.3, -0.25) is 15.0 Å². The van der Waals surface area contributed by atoms with Crippen LogP contribution in [0.25, 0.3) is 0 Å². The summed E-state index contributed by atoms with van der Waals surface area (Å²) in [5.41, 5.74) is 12.1. The Morgan fingerprint density at radius 1 is 0.828 bits per heavy atom. The van der Waals surface area contributed by atoms with Crippen molar-refractivity contribution >= 4 is 17.5 Å². The second-order valence-electron chi connectivity index (χ2n) is 6.89. The van der Waals surface area contributed by atoms with Crippen molar-refractivity contribution < 1.29 is 9.59 Å². The highest BCUT2D eigenvalue weighted by Crippen LogP contribution is 2.05. The van der Waals surface area contributed by atoms with E-state index in [0.717, 1.165) is 23.3 Å². The van der Waals surface area contributed by atoms with Crippen molar-refractivity contribution in [3.05, 3.63) is 83.6 Å². The number of hydrazine groups is 1. The molecule has 29 heavy (non-hydrogen) atoms. The molecular formula is C23H28N4O2. The van der Waals surface area contributed by atoms with Crippen molar-refractivity contribution in [1.29, 1.82) is 0 Å². The summed E-state index contributed by atoms with van der Waals surface area (Å²) in [4.78, 5) is 23.7. The Morgan fingerprint density at radius 2 is 1.38 bits per heavy atom. The van der Waals surface area contributed by atoms with Gasteiger partial charge in [-0.25, -0.2) is 5.43 Å². The van der Waals surface area contributed by atoms with E-state index < -0.39 is 0 Å². The molecule has 0 aliphatic carbocycles. The molecule has 2 aromatic carbocycles. The van der Waals surface area contributed by atoms with Gasteiger partial charge in [0.2, 0.25) is 11.8 Å². The minimum Gasteiger partial charge on any atom is -0.306 e. The number of nitrogens with one attached hydrogen (secondary N) is 3. The van der Waals surface area contributed by atoms with E-state index >= 15 is 0 Å². The Morgan fingerprint density at radius 3 is 2.00 bits per heavy atom. The average Bonchev–Trinajstić information content (AvgIpc) is 2.72. The molecule has 0 spiro atoms. The van der Waals surface area contributed by atoms with Gasteiger partial charge in [-0.05, 0) is 31.4 Å². The molecule has 2 aromatic rings. The van der Waals surface area contributed by atoms with Crippen LogP contribution in [-0.4, -0.2) is 17.5 Å². The molecule has 0 aromatic heterocycles. The van der Waals surface area contributed by atoms with Gasteiger partial charge < -0.3 is 5.43 Å². The van der Waals surface area contributed by atoms with E-state index in [4.69, 9.17) is 0 Å². The highest BCUT2D eigenvalue weighted by molar-refractivity contribution is 5.87. The van der Waals surface area contributed by atoms with Gasteiger partial charge in [0, 0.05) is 31.2 Å². The molecule has 0 bridgehead atoms. The van der Waals surface area contributed by atoms with Crippen LogP contribution in [0.1, 0.15) is 37.8 Å². The van der Waals surface area contributed by atoms with Gasteiger partial charge >= 0.3 is 0 Å². The quantitative estimate of drug-likeness (QED) is 0.429. The van der Waals surface area contributed by atoms with Crippen molar-refractivity contribution in [2.75, 3.05) is 0 Å². The monoisotopic (exact) mass is 392 g/mol. The second kappa shape index (κ2) is 12.1. The number of hydrogen-bond donors (Lipinski definition) is 3. The Balaban J connectivity index is 1.63. The first-order valence-corrected chi connectivity index (χ1v) is 9.63. The molecule has 2 amide bonds. The Bertz CT molecular complexity index is 846. The third kappa shape index (κ3) is 9.37. The zero-order chi connectivity index (χ0) is 20.9. The lowest BCUT2D eigenvalue weighted by Crippen LogP contribution is -2.34. The van der Waals surface area contributed by atoms with Crippen LogP contribution in [0.15, 0.2) is 77.5 Å². The van der Waals surface area contributed by atoms with Gasteiger partial charge in [-0.2, -0.15) is 5.10 Å². The van der Waals surface area contributed by atoms with Crippen LogP contribution >= 0.6 is 0 Å². The Kier molecular flexibility index (Phi) is 9.15. The lowest BCUT2D eigenvalue weighted by atomic mass is 10.1. The fourth-order valence-electron chi connectivity index (χ4n) is 2.64. The van der Waals surface area contributed by atoms with Crippen molar-refractivity contribution in [3.63, 3.8) is 0 Å². The highest BCUT2D eigenvalue weighted by atomic mass is 16.2. The standard InChI is InChI=1S/C23H28N4O2/c1-18(15-20-9-5-3-6-10-20)17-24-26-22(28)13-14-23(29)27-25-19(2)16-21-11-7-4-8-12-21/h3-12,17,24H,13-16H2,1-2H3,(H,26,28)(H,27,29)/b18-17+,25-19+. The molecule has 152 valence electrons. The molecule has 2 rings (SSSR count). The summed E-state index contributed by atoms with van der Waals surface area (Å²) in [6, 6.07) is 20.0. The van der Waals surface area contributed by atoms with Gasteiger partial charge in [0.1, 0.15) is 0 Å². The Hall–Kier alpha value is -3.41. The molecule has 0 fully saturated rings. The summed E-state index contributed by atoms with van der Waals surface area (Å²) in [6.45, 7) is 3.84.